The number of fused-ring (bicyclic) bond motifs is 1. The van der Waals surface area contributed by atoms with E-state index < -0.39 is 0 Å². The molecule has 3 aromatic rings. The maximum atomic E-state index is 12.2. The monoisotopic (exact) mass is 284 g/mol. The summed E-state index contributed by atoms with van der Waals surface area (Å²) in [5, 5.41) is 1.63. The van der Waals surface area contributed by atoms with Crippen LogP contribution in [0.4, 0.5) is 0 Å². The van der Waals surface area contributed by atoms with Gasteiger partial charge in [0, 0.05) is 16.8 Å². The second kappa shape index (κ2) is 5.14. The van der Waals surface area contributed by atoms with E-state index in [1.165, 1.54) is 0 Å². The fourth-order valence-electron chi connectivity index (χ4n) is 2.17. The van der Waals surface area contributed by atoms with E-state index in [0.717, 1.165) is 22.1 Å². The number of aryl methyl sites for hydroxylation is 1. The molecule has 0 atom stereocenters. The Morgan fingerprint density at radius 1 is 1.10 bits per heavy atom. The fourth-order valence-corrected chi connectivity index (χ4v) is 2.30. The number of hydrogen-bond donors (Lipinski definition) is 0. The molecular formula is C17H13ClO2. The molecule has 0 unspecified atom stereocenters. The zero-order valence-corrected chi connectivity index (χ0v) is 11.8. The van der Waals surface area contributed by atoms with Gasteiger partial charge in [0.05, 0.1) is 0 Å². The highest BCUT2D eigenvalue weighted by atomic mass is 35.5. The average Bonchev–Trinajstić information content (AvgIpc) is 2.84. The van der Waals surface area contributed by atoms with E-state index in [-0.39, 0.29) is 5.78 Å². The molecule has 0 aliphatic rings. The molecule has 2 aromatic carbocycles. The third kappa shape index (κ3) is 2.61. The first-order valence-electron chi connectivity index (χ1n) is 6.40. The van der Waals surface area contributed by atoms with Crippen LogP contribution in [-0.2, 0) is 6.42 Å². The lowest BCUT2D eigenvalue weighted by molar-refractivity contribution is 0.0968. The van der Waals surface area contributed by atoms with Crippen molar-refractivity contribution in [2.45, 2.75) is 13.3 Å². The first-order valence-corrected chi connectivity index (χ1v) is 6.77. The molecule has 1 aromatic heterocycles. The van der Waals surface area contributed by atoms with Crippen molar-refractivity contribution >= 4 is 28.4 Å². The van der Waals surface area contributed by atoms with Gasteiger partial charge in [-0.05, 0) is 42.8 Å². The molecule has 0 saturated carbocycles. The highest BCUT2D eigenvalue weighted by molar-refractivity contribution is 6.30. The third-order valence-corrected chi connectivity index (χ3v) is 3.48. The molecule has 0 spiro atoms. The SMILES string of the molecule is Cc1ccc2oc(C(=O)Cc3ccc(Cl)cc3)cc2c1. The molecule has 1 heterocycles. The minimum atomic E-state index is -0.0267. The van der Waals surface area contributed by atoms with Gasteiger partial charge in [-0.25, -0.2) is 0 Å². The Labute approximate surface area is 122 Å². The summed E-state index contributed by atoms with van der Waals surface area (Å²) in [6.07, 6.45) is 0.315. The van der Waals surface area contributed by atoms with Gasteiger partial charge in [0.25, 0.3) is 0 Å². The predicted molar refractivity (Wildman–Crippen MR) is 80.4 cm³/mol. The first-order chi connectivity index (χ1) is 9.61. The number of benzene rings is 2. The Morgan fingerprint density at radius 3 is 2.60 bits per heavy atom. The quantitative estimate of drug-likeness (QED) is 0.646. The molecule has 3 rings (SSSR count). The summed E-state index contributed by atoms with van der Waals surface area (Å²) in [6.45, 7) is 2.02. The van der Waals surface area contributed by atoms with Gasteiger partial charge in [-0.1, -0.05) is 35.4 Å². The maximum absolute atomic E-state index is 12.2. The van der Waals surface area contributed by atoms with Gasteiger partial charge in [0.1, 0.15) is 5.58 Å². The van der Waals surface area contributed by atoms with Gasteiger partial charge in [0.15, 0.2) is 5.76 Å². The molecular weight excluding hydrogens is 272 g/mol. The Morgan fingerprint density at radius 2 is 1.85 bits per heavy atom. The van der Waals surface area contributed by atoms with Crippen molar-refractivity contribution < 1.29 is 9.21 Å². The number of hydrogen-bond acceptors (Lipinski definition) is 2. The standard InChI is InChI=1S/C17H13ClO2/c1-11-2-7-16-13(8-11)10-17(20-16)15(19)9-12-3-5-14(18)6-4-12/h2-8,10H,9H2,1H3. The van der Waals surface area contributed by atoms with Crippen LogP contribution in [0.1, 0.15) is 21.7 Å². The van der Waals surface area contributed by atoms with Crippen molar-refractivity contribution in [3.8, 4) is 0 Å². The van der Waals surface area contributed by atoms with E-state index in [9.17, 15) is 4.79 Å². The summed E-state index contributed by atoms with van der Waals surface area (Å²) < 4.78 is 5.61. The van der Waals surface area contributed by atoms with Crippen LogP contribution in [0.15, 0.2) is 52.9 Å². The van der Waals surface area contributed by atoms with Crippen LogP contribution in [0.25, 0.3) is 11.0 Å². The summed E-state index contributed by atoms with van der Waals surface area (Å²) >= 11 is 5.83. The summed E-state index contributed by atoms with van der Waals surface area (Å²) in [6, 6.07) is 15.0. The second-order valence-electron chi connectivity index (χ2n) is 4.88. The number of furan rings is 1. The van der Waals surface area contributed by atoms with E-state index in [4.69, 9.17) is 16.0 Å². The van der Waals surface area contributed by atoms with Crippen molar-refractivity contribution in [1.29, 1.82) is 0 Å². The molecule has 0 bridgehead atoms. The summed E-state index contributed by atoms with van der Waals surface area (Å²) in [5.41, 5.74) is 2.82. The van der Waals surface area contributed by atoms with Crippen LogP contribution < -0.4 is 0 Å². The lowest BCUT2D eigenvalue weighted by atomic mass is 10.1. The fraction of sp³-hybridized carbons (Fsp3) is 0.118. The molecule has 0 fully saturated rings. The first kappa shape index (κ1) is 12.9. The molecule has 0 amide bonds. The van der Waals surface area contributed by atoms with E-state index in [1.54, 1.807) is 18.2 Å². The number of ketones is 1. The molecule has 3 heteroatoms. The summed E-state index contributed by atoms with van der Waals surface area (Å²) in [4.78, 5) is 12.2. The number of carbonyl (C=O) groups is 1. The zero-order chi connectivity index (χ0) is 14.1. The molecule has 0 aliphatic carbocycles. The zero-order valence-electron chi connectivity index (χ0n) is 11.0. The highest BCUT2D eigenvalue weighted by Gasteiger charge is 2.13. The van der Waals surface area contributed by atoms with E-state index in [0.29, 0.717) is 17.2 Å². The normalized spacial score (nSPS) is 10.9. The van der Waals surface area contributed by atoms with Crippen molar-refractivity contribution in [2.24, 2.45) is 0 Å². The van der Waals surface area contributed by atoms with Crippen LogP contribution in [0, 0.1) is 6.92 Å². The van der Waals surface area contributed by atoms with E-state index >= 15 is 0 Å². The molecule has 0 radical (unpaired) electrons. The van der Waals surface area contributed by atoms with Crippen LogP contribution in [-0.4, -0.2) is 5.78 Å². The van der Waals surface area contributed by atoms with Crippen molar-refractivity contribution in [3.05, 3.63) is 70.4 Å². The Kier molecular flexibility index (Phi) is 3.33. The number of Topliss-reactive ketones (excluding diaryl/α,β-unsaturated/α-hetero) is 1. The highest BCUT2D eigenvalue weighted by Crippen LogP contribution is 2.22. The predicted octanol–water partition coefficient (Wildman–Crippen LogP) is 4.82. The van der Waals surface area contributed by atoms with Crippen LogP contribution in [0.5, 0.6) is 0 Å². The van der Waals surface area contributed by atoms with Crippen LogP contribution in [0.2, 0.25) is 5.02 Å². The number of rotatable bonds is 3. The van der Waals surface area contributed by atoms with Gasteiger partial charge < -0.3 is 4.42 Å². The molecule has 0 saturated heterocycles. The molecule has 100 valence electrons. The molecule has 20 heavy (non-hydrogen) atoms. The Hall–Kier alpha value is -2.06. The van der Waals surface area contributed by atoms with E-state index in [2.05, 4.69) is 0 Å². The largest absolute Gasteiger partial charge is 0.453 e. The van der Waals surface area contributed by atoms with Crippen molar-refractivity contribution in [1.82, 2.24) is 0 Å². The van der Waals surface area contributed by atoms with Gasteiger partial charge in [0.2, 0.25) is 5.78 Å². The van der Waals surface area contributed by atoms with Gasteiger partial charge in [-0.15, -0.1) is 0 Å². The Bertz CT molecular complexity index is 769. The number of carbonyl (C=O) groups excluding carboxylic acids is 1. The summed E-state index contributed by atoms with van der Waals surface area (Å²) in [7, 11) is 0. The van der Waals surface area contributed by atoms with Gasteiger partial charge in [-0.2, -0.15) is 0 Å². The van der Waals surface area contributed by atoms with Gasteiger partial charge >= 0.3 is 0 Å². The second-order valence-corrected chi connectivity index (χ2v) is 5.31. The van der Waals surface area contributed by atoms with Crippen molar-refractivity contribution in [3.63, 3.8) is 0 Å². The van der Waals surface area contributed by atoms with Crippen LogP contribution in [0.3, 0.4) is 0 Å². The maximum Gasteiger partial charge on any atom is 0.202 e. The topological polar surface area (TPSA) is 30.2 Å². The Balaban J connectivity index is 1.86. The molecule has 2 nitrogen and oxygen atoms in total. The van der Waals surface area contributed by atoms with Crippen LogP contribution >= 0.6 is 11.6 Å². The summed E-state index contributed by atoms with van der Waals surface area (Å²) in [5.74, 6) is 0.377. The smallest absolute Gasteiger partial charge is 0.202 e. The minimum Gasteiger partial charge on any atom is -0.453 e. The van der Waals surface area contributed by atoms with E-state index in [1.807, 2.05) is 37.3 Å². The van der Waals surface area contributed by atoms with Gasteiger partial charge in [-0.3, -0.25) is 4.79 Å². The minimum absolute atomic E-state index is 0.0267. The number of halogens is 1. The average molecular weight is 285 g/mol. The lowest BCUT2D eigenvalue weighted by Crippen LogP contribution is -2.01. The third-order valence-electron chi connectivity index (χ3n) is 3.22. The lowest BCUT2D eigenvalue weighted by Gasteiger charge is -1.98. The molecule has 0 aliphatic heterocycles. The van der Waals surface area contributed by atoms with Crippen molar-refractivity contribution in [2.75, 3.05) is 0 Å². The molecule has 0 N–H and O–H groups in total.